The van der Waals surface area contributed by atoms with Crippen LogP contribution < -0.4 is 48.3 Å². The standard InChI is InChI=1S/C56H84N10O16S/c1-9-31(6)46(65-51(76)42(28-67)63-48(73)38(22-24-83-8)59-52(77)43-11-10-23-66(43)55(80)37(57)20-21-44(70)71)54(79)61-40(27-34-14-18-36(69)19-15-34)50(75)64-45(30(4)5)53(78)60-39(26-33-12-16-35(68)17-13-33)49(74)58-32(7)47(72)62-41(56(81)82)25-29(2)3/h12-19,29-32,37-43,45-46,67-69H,9-11,20-28,57H2,1-8H3,(H,58,74)(H,59,77)(H,60,78)(H,61,79)(H,62,72)(H,63,73)(H,64,75)(H,65,76)(H,70,71)(H,81,82)/t31-,32-,37-,38-,39-,40-,41-,42-,43-,45-,46-/m0/s1. The van der Waals surface area contributed by atoms with E-state index in [9.17, 15) is 73.2 Å². The number of aliphatic hydroxyl groups excluding tert-OH is 1. The largest absolute Gasteiger partial charge is 0.508 e. The smallest absolute Gasteiger partial charge is 0.326 e. The highest BCUT2D eigenvalue weighted by Gasteiger charge is 2.40. The van der Waals surface area contributed by atoms with Crippen molar-refractivity contribution < 1.29 is 78.3 Å². The number of likely N-dealkylation sites (tertiary alicyclic amines) is 1. The first-order valence-electron chi connectivity index (χ1n) is 27.7. The number of aromatic hydroxyl groups is 2. The van der Waals surface area contributed by atoms with Crippen LogP contribution in [0.25, 0.3) is 0 Å². The molecular weight excluding hydrogens is 1100 g/mol. The van der Waals surface area contributed by atoms with Crippen molar-refractivity contribution in [3.63, 3.8) is 0 Å². The van der Waals surface area contributed by atoms with Crippen LogP contribution in [0.15, 0.2) is 48.5 Å². The zero-order chi connectivity index (χ0) is 62.2. The average Bonchev–Trinajstić information content (AvgIpc) is 3.96. The predicted molar refractivity (Wildman–Crippen MR) is 306 cm³/mol. The first-order chi connectivity index (χ1) is 39.1. The average molecular weight is 1190 g/mol. The van der Waals surface area contributed by atoms with Crippen LogP contribution in [0.5, 0.6) is 11.5 Å². The highest BCUT2D eigenvalue weighted by Crippen LogP contribution is 2.21. The maximum atomic E-state index is 14.5. The van der Waals surface area contributed by atoms with Gasteiger partial charge >= 0.3 is 11.9 Å². The van der Waals surface area contributed by atoms with Crippen LogP contribution in [0.2, 0.25) is 0 Å². The van der Waals surface area contributed by atoms with Crippen LogP contribution in [0, 0.1) is 17.8 Å². The lowest BCUT2D eigenvalue weighted by atomic mass is 9.96. The molecule has 2 aromatic rings. The lowest BCUT2D eigenvalue weighted by Crippen LogP contribution is -2.62. The third kappa shape index (κ3) is 22.6. The highest BCUT2D eigenvalue weighted by molar-refractivity contribution is 7.98. The Labute approximate surface area is 487 Å². The molecule has 1 heterocycles. The summed E-state index contributed by atoms with van der Waals surface area (Å²) in [5.41, 5.74) is 6.90. The first-order valence-corrected chi connectivity index (χ1v) is 29.1. The van der Waals surface area contributed by atoms with Gasteiger partial charge in [0.25, 0.3) is 0 Å². The highest BCUT2D eigenvalue weighted by atomic mass is 32.2. The molecule has 2 aromatic carbocycles. The van der Waals surface area contributed by atoms with Crippen LogP contribution in [-0.4, -0.2) is 181 Å². The van der Waals surface area contributed by atoms with Gasteiger partial charge in [-0.3, -0.25) is 47.9 Å². The minimum absolute atomic E-state index is 0.0603. The van der Waals surface area contributed by atoms with Crippen molar-refractivity contribution in [2.24, 2.45) is 23.5 Å². The van der Waals surface area contributed by atoms with Crippen LogP contribution in [0.1, 0.15) is 105 Å². The normalized spacial score (nSPS) is 16.7. The number of benzene rings is 2. The summed E-state index contributed by atoms with van der Waals surface area (Å²) < 4.78 is 0. The second-order valence-electron chi connectivity index (χ2n) is 21.5. The number of hydrogen-bond acceptors (Lipinski definition) is 16. The molecule has 3 rings (SSSR count). The molecule has 1 fully saturated rings. The fraction of sp³-hybridized carbons (Fsp3) is 0.589. The number of nitrogens with zero attached hydrogens (tertiary/aromatic N) is 1. The second-order valence-corrected chi connectivity index (χ2v) is 22.5. The molecule has 1 aliphatic rings. The van der Waals surface area contributed by atoms with E-state index in [0.717, 1.165) is 0 Å². The number of carbonyl (C=O) groups excluding carboxylic acids is 9. The van der Waals surface area contributed by atoms with E-state index in [0.29, 0.717) is 23.3 Å². The molecule has 0 radical (unpaired) electrons. The molecule has 1 saturated heterocycles. The number of aliphatic hydroxyl groups is 1. The molecule has 83 heavy (non-hydrogen) atoms. The minimum Gasteiger partial charge on any atom is -0.508 e. The number of hydrogen-bond donors (Lipinski definition) is 14. The van der Waals surface area contributed by atoms with Crippen molar-refractivity contribution in [2.45, 2.75) is 167 Å². The van der Waals surface area contributed by atoms with Gasteiger partial charge in [0.1, 0.15) is 65.9 Å². The molecule has 11 atom stereocenters. The summed E-state index contributed by atoms with van der Waals surface area (Å²) in [5, 5.41) is 69.8. The molecule has 0 unspecified atom stereocenters. The Morgan fingerprint density at radius 1 is 0.614 bits per heavy atom. The summed E-state index contributed by atoms with van der Waals surface area (Å²) in [6, 6.07) is -1.91. The van der Waals surface area contributed by atoms with Gasteiger partial charge in [-0.05, 0) is 104 Å². The summed E-state index contributed by atoms with van der Waals surface area (Å²) in [5.74, 6) is -11.1. The summed E-state index contributed by atoms with van der Waals surface area (Å²) in [6.45, 7) is 10.7. The van der Waals surface area contributed by atoms with Crippen molar-refractivity contribution in [2.75, 3.05) is 25.2 Å². The Balaban J connectivity index is 1.88. The number of amides is 9. The van der Waals surface area contributed by atoms with E-state index in [2.05, 4.69) is 42.5 Å². The van der Waals surface area contributed by atoms with Crippen LogP contribution in [0.3, 0.4) is 0 Å². The van der Waals surface area contributed by atoms with E-state index >= 15 is 0 Å². The monoisotopic (exact) mass is 1180 g/mol. The molecule has 0 saturated carbocycles. The van der Waals surface area contributed by atoms with Crippen molar-refractivity contribution in [3.8, 4) is 11.5 Å². The Bertz CT molecular complexity index is 2560. The molecule has 0 aliphatic carbocycles. The molecule has 9 amide bonds. The molecular formula is C56H84N10O16S. The van der Waals surface area contributed by atoms with Gasteiger partial charge in [-0.25, -0.2) is 4.79 Å². The van der Waals surface area contributed by atoms with Gasteiger partial charge in [0.05, 0.1) is 12.6 Å². The van der Waals surface area contributed by atoms with Crippen molar-refractivity contribution >= 4 is 76.9 Å². The van der Waals surface area contributed by atoms with Gasteiger partial charge in [0.2, 0.25) is 53.2 Å². The second kappa shape index (κ2) is 34.2. The molecule has 1 aliphatic heterocycles. The predicted octanol–water partition coefficient (Wildman–Crippen LogP) is -0.457. The fourth-order valence-electron chi connectivity index (χ4n) is 8.95. The van der Waals surface area contributed by atoms with Gasteiger partial charge < -0.3 is 78.7 Å². The number of nitrogens with two attached hydrogens (primary N) is 1. The number of rotatable bonds is 34. The quantitative estimate of drug-likeness (QED) is 0.0422. The summed E-state index contributed by atoms with van der Waals surface area (Å²) in [7, 11) is 0. The van der Waals surface area contributed by atoms with Crippen LogP contribution in [0.4, 0.5) is 0 Å². The van der Waals surface area contributed by atoms with E-state index in [1.54, 1.807) is 47.8 Å². The zero-order valence-electron chi connectivity index (χ0n) is 48.3. The van der Waals surface area contributed by atoms with E-state index in [1.165, 1.54) is 72.1 Å². The molecule has 460 valence electrons. The van der Waals surface area contributed by atoms with Gasteiger partial charge in [-0.2, -0.15) is 11.8 Å². The Morgan fingerprint density at radius 3 is 1.58 bits per heavy atom. The van der Waals surface area contributed by atoms with Crippen molar-refractivity contribution in [1.29, 1.82) is 0 Å². The number of thioether (sulfide) groups is 1. The first kappa shape index (κ1) is 69.7. The Kier molecular flexibility index (Phi) is 28.7. The number of carbonyl (C=O) groups is 11. The Morgan fingerprint density at radius 2 is 1.10 bits per heavy atom. The van der Waals surface area contributed by atoms with E-state index in [4.69, 9.17) is 10.8 Å². The van der Waals surface area contributed by atoms with Gasteiger partial charge in [0, 0.05) is 25.8 Å². The van der Waals surface area contributed by atoms with Gasteiger partial charge in [-0.1, -0.05) is 72.2 Å². The van der Waals surface area contributed by atoms with E-state index in [-0.39, 0.29) is 75.3 Å². The minimum atomic E-state index is -1.67. The van der Waals surface area contributed by atoms with E-state index in [1.807, 2.05) is 0 Å². The third-order valence-corrected chi connectivity index (χ3v) is 14.7. The number of phenols is 2. The maximum absolute atomic E-state index is 14.5. The number of aliphatic carboxylic acids is 2. The van der Waals surface area contributed by atoms with Crippen molar-refractivity contribution in [1.82, 2.24) is 47.4 Å². The molecule has 26 nitrogen and oxygen atoms in total. The molecule has 0 aromatic heterocycles. The SMILES string of the molecule is CC[C@H](C)[C@H](NC(=O)[C@H](CO)NC(=O)[C@H](CCSC)NC(=O)[C@@H]1CCCN1C(=O)[C@@H](N)CCC(=O)O)C(=O)N[C@@H](Cc1ccc(O)cc1)C(=O)N[C@H](C(=O)N[C@@H](Cc1ccc(O)cc1)C(=O)N[C@@H](C)C(=O)N[C@@H](CC(C)C)C(=O)O)C(C)C. The zero-order valence-corrected chi connectivity index (χ0v) is 49.1. The summed E-state index contributed by atoms with van der Waals surface area (Å²) in [4.78, 5) is 149. The Hall–Kier alpha value is -7.52. The van der Waals surface area contributed by atoms with Crippen LogP contribution >= 0.6 is 11.8 Å². The van der Waals surface area contributed by atoms with Crippen molar-refractivity contribution in [3.05, 3.63) is 59.7 Å². The topological polar surface area (TPSA) is 414 Å². The molecule has 27 heteroatoms. The molecule has 0 spiro atoms. The third-order valence-electron chi connectivity index (χ3n) is 14.0. The number of nitrogens with one attached hydrogen (secondary N) is 8. The lowest BCUT2D eigenvalue weighted by molar-refractivity contribution is -0.143. The number of carboxylic acid groups (broad SMARTS) is 2. The fourth-order valence-corrected chi connectivity index (χ4v) is 9.42. The van der Waals surface area contributed by atoms with E-state index < -0.39 is 144 Å². The van der Waals surface area contributed by atoms with Gasteiger partial charge in [-0.15, -0.1) is 0 Å². The summed E-state index contributed by atoms with van der Waals surface area (Å²) in [6.07, 6.45) is 1.98. The number of phenolic OH excluding ortho intramolecular Hbond substituents is 2. The maximum Gasteiger partial charge on any atom is 0.326 e. The summed E-state index contributed by atoms with van der Waals surface area (Å²) >= 11 is 1.36. The molecule has 15 N–H and O–H groups in total. The van der Waals surface area contributed by atoms with Gasteiger partial charge in [0.15, 0.2) is 0 Å². The van der Waals surface area contributed by atoms with Crippen LogP contribution in [-0.2, 0) is 65.6 Å². The number of carboxylic acids is 2. The molecule has 0 bridgehead atoms. The lowest BCUT2D eigenvalue weighted by Gasteiger charge is -2.30.